The molecule has 0 aliphatic carbocycles. The minimum atomic E-state index is -4.37. The van der Waals surface area contributed by atoms with Crippen molar-refractivity contribution in [1.82, 2.24) is 4.72 Å². The van der Waals surface area contributed by atoms with Gasteiger partial charge in [0, 0.05) is 28.9 Å². The molecule has 2 aromatic rings. The molecule has 0 bridgehead atoms. The Bertz CT molecular complexity index is 949. The Kier molecular flexibility index (Phi) is 7.17. The van der Waals surface area contributed by atoms with E-state index in [0.29, 0.717) is 12.1 Å². The summed E-state index contributed by atoms with van der Waals surface area (Å²) < 4.78 is 70.8. The van der Waals surface area contributed by atoms with Gasteiger partial charge in [0.15, 0.2) is 5.82 Å². The minimum Gasteiger partial charge on any atom is -0.465 e. The van der Waals surface area contributed by atoms with Crippen LogP contribution < -0.4 is 4.72 Å². The lowest BCUT2D eigenvalue weighted by Gasteiger charge is -2.10. The number of carbonyl (C=O) groups is 1. The smallest absolute Gasteiger partial charge is 0.343 e. The Morgan fingerprint density at radius 1 is 1.15 bits per heavy atom. The standard InChI is InChI=1S/C17H17F2NO5S2/c1-25-17(21)15-13(18)7-8-14(16(15)19)27(23,24)20-9-10-26(22)11-12-5-3-2-4-6-12/h2-8,20H,9-11H2,1H3. The van der Waals surface area contributed by atoms with E-state index in [1.807, 2.05) is 6.07 Å². The fourth-order valence-electron chi connectivity index (χ4n) is 2.23. The number of nitrogens with one attached hydrogen (secondary N) is 1. The number of sulfonamides is 1. The van der Waals surface area contributed by atoms with Crippen LogP contribution in [0.4, 0.5) is 8.78 Å². The van der Waals surface area contributed by atoms with Crippen LogP contribution in [0.1, 0.15) is 15.9 Å². The van der Waals surface area contributed by atoms with Crippen molar-refractivity contribution in [3.8, 4) is 0 Å². The van der Waals surface area contributed by atoms with E-state index in [4.69, 9.17) is 0 Å². The van der Waals surface area contributed by atoms with Gasteiger partial charge in [-0.2, -0.15) is 0 Å². The molecule has 1 atom stereocenters. The molecule has 0 fully saturated rings. The van der Waals surface area contributed by atoms with Gasteiger partial charge in [0.25, 0.3) is 0 Å². The summed E-state index contributed by atoms with van der Waals surface area (Å²) in [6.07, 6.45) is 0. The summed E-state index contributed by atoms with van der Waals surface area (Å²) in [7, 11) is -4.79. The van der Waals surface area contributed by atoms with E-state index >= 15 is 0 Å². The monoisotopic (exact) mass is 417 g/mol. The van der Waals surface area contributed by atoms with Gasteiger partial charge in [0.05, 0.1) is 7.11 Å². The number of hydrogen-bond acceptors (Lipinski definition) is 5. The van der Waals surface area contributed by atoms with Crippen LogP contribution in [0.15, 0.2) is 47.4 Å². The molecule has 0 radical (unpaired) electrons. The second kappa shape index (κ2) is 9.16. The van der Waals surface area contributed by atoms with Crippen molar-refractivity contribution < 1.29 is 30.9 Å². The zero-order chi connectivity index (χ0) is 20.0. The Morgan fingerprint density at radius 2 is 1.81 bits per heavy atom. The average molecular weight is 417 g/mol. The first-order valence-electron chi connectivity index (χ1n) is 7.71. The number of benzene rings is 2. The Labute approximate surface area is 158 Å². The molecular weight excluding hydrogens is 400 g/mol. The SMILES string of the molecule is COC(=O)c1c(F)ccc(S(=O)(=O)NCCS(=O)Cc2ccccc2)c1F. The molecule has 2 rings (SSSR count). The fourth-order valence-corrected chi connectivity index (χ4v) is 4.51. The summed E-state index contributed by atoms with van der Waals surface area (Å²) in [5, 5.41) is 0. The van der Waals surface area contributed by atoms with Gasteiger partial charge in [-0.3, -0.25) is 4.21 Å². The molecule has 10 heteroatoms. The molecule has 0 aromatic heterocycles. The number of rotatable bonds is 8. The predicted molar refractivity (Wildman–Crippen MR) is 96.0 cm³/mol. The quantitative estimate of drug-likeness (QED) is 0.664. The first-order valence-corrected chi connectivity index (χ1v) is 10.7. The number of hydrogen-bond donors (Lipinski definition) is 1. The number of ether oxygens (including phenoxy) is 1. The highest BCUT2D eigenvalue weighted by atomic mass is 32.2. The van der Waals surface area contributed by atoms with Crippen molar-refractivity contribution >= 4 is 26.8 Å². The lowest BCUT2D eigenvalue weighted by molar-refractivity contribution is 0.0589. The van der Waals surface area contributed by atoms with Crippen molar-refractivity contribution in [3.63, 3.8) is 0 Å². The van der Waals surface area contributed by atoms with E-state index in [9.17, 15) is 26.2 Å². The molecule has 1 N–H and O–H groups in total. The van der Waals surface area contributed by atoms with Crippen molar-refractivity contribution in [1.29, 1.82) is 0 Å². The van der Waals surface area contributed by atoms with Gasteiger partial charge in [-0.05, 0) is 17.7 Å². The zero-order valence-electron chi connectivity index (χ0n) is 14.3. The number of esters is 1. The summed E-state index contributed by atoms with van der Waals surface area (Å²) in [5.41, 5.74) is -0.251. The first-order chi connectivity index (χ1) is 12.8. The molecular formula is C17H17F2NO5S2. The highest BCUT2D eigenvalue weighted by Gasteiger charge is 2.27. The first kappa shape index (κ1) is 21.1. The largest absolute Gasteiger partial charge is 0.465 e. The molecule has 0 amide bonds. The minimum absolute atomic E-state index is 0.000791. The summed E-state index contributed by atoms with van der Waals surface area (Å²) in [6.45, 7) is -0.216. The van der Waals surface area contributed by atoms with E-state index in [1.54, 1.807) is 24.3 Å². The van der Waals surface area contributed by atoms with E-state index < -0.39 is 48.9 Å². The maximum absolute atomic E-state index is 14.3. The van der Waals surface area contributed by atoms with E-state index in [-0.39, 0.29) is 18.1 Å². The van der Waals surface area contributed by atoms with Crippen LogP contribution >= 0.6 is 0 Å². The third kappa shape index (κ3) is 5.41. The number of carbonyl (C=O) groups excluding carboxylic acids is 1. The van der Waals surface area contributed by atoms with E-state index in [0.717, 1.165) is 12.7 Å². The second-order valence-electron chi connectivity index (χ2n) is 5.40. The molecule has 0 spiro atoms. The molecule has 0 aliphatic heterocycles. The van der Waals surface area contributed by atoms with E-state index in [2.05, 4.69) is 9.46 Å². The van der Waals surface area contributed by atoms with Crippen LogP contribution in [-0.2, 0) is 31.3 Å². The summed E-state index contributed by atoms with van der Waals surface area (Å²) in [5.74, 6) is -3.85. The second-order valence-corrected chi connectivity index (χ2v) is 8.71. The molecule has 6 nitrogen and oxygen atoms in total. The van der Waals surface area contributed by atoms with Crippen LogP contribution in [0.5, 0.6) is 0 Å². The van der Waals surface area contributed by atoms with Gasteiger partial charge in [-0.25, -0.2) is 26.7 Å². The topological polar surface area (TPSA) is 89.5 Å². The predicted octanol–water partition coefficient (Wildman–Crippen LogP) is 1.98. The van der Waals surface area contributed by atoms with Crippen LogP contribution in [0.25, 0.3) is 0 Å². The third-order valence-corrected chi connectivity index (χ3v) is 6.32. The van der Waals surface area contributed by atoms with Gasteiger partial charge in [0.2, 0.25) is 10.0 Å². The molecule has 2 aromatic carbocycles. The van der Waals surface area contributed by atoms with E-state index in [1.165, 1.54) is 0 Å². The molecule has 146 valence electrons. The van der Waals surface area contributed by atoms with Gasteiger partial charge in [-0.15, -0.1) is 0 Å². The molecule has 1 unspecified atom stereocenters. The lowest BCUT2D eigenvalue weighted by Crippen LogP contribution is -2.29. The zero-order valence-corrected chi connectivity index (χ0v) is 15.9. The summed E-state index contributed by atoms with van der Waals surface area (Å²) >= 11 is 0. The third-order valence-electron chi connectivity index (χ3n) is 3.53. The van der Waals surface area contributed by atoms with Gasteiger partial charge < -0.3 is 4.74 Å². The van der Waals surface area contributed by atoms with Crippen LogP contribution in [-0.4, -0.2) is 38.0 Å². The maximum atomic E-state index is 14.3. The van der Waals surface area contributed by atoms with Gasteiger partial charge in [-0.1, -0.05) is 30.3 Å². The molecule has 0 saturated heterocycles. The highest BCUT2D eigenvalue weighted by molar-refractivity contribution is 7.89. The van der Waals surface area contributed by atoms with Crippen LogP contribution in [0.3, 0.4) is 0 Å². The highest BCUT2D eigenvalue weighted by Crippen LogP contribution is 2.21. The van der Waals surface area contributed by atoms with Gasteiger partial charge >= 0.3 is 5.97 Å². The Hall–Kier alpha value is -2.17. The lowest BCUT2D eigenvalue weighted by atomic mass is 10.2. The van der Waals surface area contributed by atoms with Crippen molar-refractivity contribution in [2.75, 3.05) is 19.4 Å². The van der Waals surface area contributed by atoms with Crippen molar-refractivity contribution in [2.45, 2.75) is 10.6 Å². The summed E-state index contributed by atoms with van der Waals surface area (Å²) in [6, 6.07) is 10.4. The average Bonchev–Trinajstić information content (AvgIpc) is 2.61. The van der Waals surface area contributed by atoms with Gasteiger partial charge in [0.1, 0.15) is 16.3 Å². The molecule has 0 heterocycles. The fraction of sp³-hybridized carbons (Fsp3) is 0.235. The number of halogens is 2. The molecule has 27 heavy (non-hydrogen) atoms. The normalized spacial score (nSPS) is 12.6. The Balaban J connectivity index is 2.06. The van der Waals surface area contributed by atoms with Crippen molar-refractivity contribution in [2.24, 2.45) is 0 Å². The Morgan fingerprint density at radius 3 is 2.44 bits per heavy atom. The van der Waals surface area contributed by atoms with Crippen LogP contribution in [0, 0.1) is 11.6 Å². The van der Waals surface area contributed by atoms with Crippen molar-refractivity contribution in [3.05, 3.63) is 65.2 Å². The van der Waals surface area contributed by atoms with Crippen LogP contribution in [0.2, 0.25) is 0 Å². The number of methoxy groups -OCH3 is 1. The summed E-state index contributed by atoms with van der Waals surface area (Å²) in [4.78, 5) is 10.6. The maximum Gasteiger partial charge on any atom is 0.343 e. The molecule has 0 saturated carbocycles. The molecule has 0 aliphatic rings.